The minimum absolute atomic E-state index is 0.242. The molecule has 0 amide bonds. The second-order valence-electron chi connectivity index (χ2n) is 3.86. The minimum Gasteiger partial charge on any atom is -0.462 e. The van der Waals surface area contributed by atoms with Crippen molar-refractivity contribution in [1.82, 2.24) is 5.32 Å². The average Bonchev–Trinajstić information content (AvgIpc) is 2.44. The number of hydrogen-bond donors (Lipinski definition) is 1. The van der Waals surface area contributed by atoms with Crippen LogP contribution in [0.3, 0.4) is 0 Å². The van der Waals surface area contributed by atoms with Gasteiger partial charge in [-0.15, -0.1) is 0 Å². The van der Waals surface area contributed by atoms with E-state index >= 15 is 0 Å². The minimum atomic E-state index is -1.06. The monoisotopic (exact) mass is 265 g/mol. The van der Waals surface area contributed by atoms with Crippen molar-refractivity contribution in [2.24, 2.45) is 0 Å². The lowest BCUT2D eigenvalue weighted by Gasteiger charge is -2.17. The van der Waals surface area contributed by atoms with Crippen molar-refractivity contribution < 1.29 is 19.1 Å². The molecule has 0 aliphatic rings. The number of nitrogens with one attached hydrogen (secondary N) is 1. The molecule has 0 saturated carbocycles. The van der Waals surface area contributed by atoms with E-state index in [1.165, 1.54) is 0 Å². The highest BCUT2D eigenvalue weighted by molar-refractivity contribution is 5.91. The zero-order valence-corrected chi connectivity index (χ0v) is 11.2. The molecule has 0 heterocycles. The molecule has 1 unspecified atom stereocenters. The Hall–Kier alpha value is -1.88. The van der Waals surface area contributed by atoms with Gasteiger partial charge >= 0.3 is 11.9 Å². The van der Waals surface area contributed by atoms with Gasteiger partial charge in [0.05, 0.1) is 12.2 Å². The fourth-order valence-electron chi connectivity index (χ4n) is 1.42. The highest BCUT2D eigenvalue weighted by Gasteiger charge is 2.23. The van der Waals surface area contributed by atoms with Crippen LogP contribution < -0.4 is 5.32 Å². The van der Waals surface area contributed by atoms with E-state index in [-0.39, 0.29) is 6.61 Å². The van der Waals surface area contributed by atoms with Crippen LogP contribution in [0.15, 0.2) is 30.3 Å². The third-order valence-electron chi connectivity index (χ3n) is 2.31. The molecule has 0 aliphatic carbocycles. The zero-order chi connectivity index (χ0) is 14.1. The molecule has 19 heavy (non-hydrogen) atoms. The van der Waals surface area contributed by atoms with E-state index in [2.05, 4.69) is 5.32 Å². The molecule has 0 fully saturated rings. The van der Waals surface area contributed by atoms with Gasteiger partial charge in [0.2, 0.25) is 0 Å². The van der Waals surface area contributed by atoms with E-state index in [9.17, 15) is 9.59 Å². The molecule has 104 valence electrons. The van der Waals surface area contributed by atoms with Gasteiger partial charge in [0.25, 0.3) is 6.23 Å². The van der Waals surface area contributed by atoms with Crippen LogP contribution in [0.1, 0.15) is 30.6 Å². The average molecular weight is 265 g/mol. The Bertz CT molecular complexity index is 405. The molecule has 0 saturated heterocycles. The molecule has 5 heteroatoms. The summed E-state index contributed by atoms with van der Waals surface area (Å²) in [5, 5.41) is 2.84. The molecular formula is C14H19NO4. The second kappa shape index (κ2) is 8.26. The van der Waals surface area contributed by atoms with Gasteiger partial charge in [0.15, 0.2) is 0 Å². The van der Waals surface area contributed by atoms with E-state index in [1.54, 1.807) is 37.3 Å². The lowest BCUT2D eigenvalue weighted by atomic mass is 10.2. The van der Waals surface area contributed by atoms with Crippen molar-refractivity contribution in [2.45, 2.75) is 26.5 Å². The van der Waals surface area contributed by atoms with Crippen molar-refractivity contribution >= 4 is 11.9 Å². The first-order valence-electron chi connectivity index (χ1n) is 6.35. The van der Waals surface area contributed by atoms with Crippen LogP contribution in [0.5, 0.6) is 0 Å². The van der Waals surface area contributed by atoms with Crippen LogP contribution in [0.2, 0.25) is 0 Å². The van der Waals surface area contributed by atoms with Gasteiger partial charge in [0.1, 0.15) is 0 Å². The van der Waals surface area contributed by atoms with Crippen molar-refractivity contribution in [1.29, 1.82) is 0 Å². The van der Waals surface area contributed by atoms with Gasteiger partial charge in [-0.2, -0.15) is 0 Å². The number of hydrogen-bond acceptors (Lipinski definition) is 5. The molecule has 0 aliphatic heterocycles. The SMILES string of the molecule is CCCNC(OC(=O)c1ccccc1)C(=O)OCC. The maximum Gasteiger partial charge on any atom is 0.363 e. The van der Waals surface area contributed by atoms with Crippen molar-refractivity contribution in [3.63, 3.8) is 0 Å². The number of ether oxygens (including phenoxy) is 2. The van der Waals surface area contributed by atoms with Gasteiger partial charge in [0, 0.05) is 0 Å². The largest absolute Gasteiger partial charge is 0.462 e. The molecule has 0 radical (unpaired) electrons. The molecule has 1 aromatic rings. The highest BCUT2D eigenvalue weighted by Crippen LogP contribution is 2.04. The number of rotatable bonds is 7. The fourth-order valence-corrected chi connectivity index (χ4v) is 1.42. The molecular weight excluding hydrogens is 246 g/mol. The Morgan fingerprint density at radius 3 is 2.47 bits per heavy atom. The fraction of sp³-hybridized carbons (Fsp3) is 0.429. The lowest BCUT2D eigenvalue weighted by molar-refractivity contribution is -0.155. The van der Waals surface area contributed by atoms with Crippen LogP contribution in [0, 0.1) is 0 Å². The van der Waals surface area contributed by atoms with Gasteiger partial charge in [-0.1, -0.05) is 25.1 Å². The van der Waals surface area contributed by atoms with Gasteiger partial charge < -0.3 is 9.47 Å². The summed E-state index contributed by atoms with van der Waals surface area (Å²) in [7, 11) is 0. The maximum atomic E-state index is 11.9. The summed E-state index contributed by atoms with van der Waals surface area (Å²) in [6.45, 7) is 4.46. The van der Waals surface area contributed by atoms with Crippen LogP contribution in [-0.2, 0) is 14.3 Å². The first kappa shape index (κ1) is 15.2. The summed E-state index contributed by atoms with van der Waals surface area (Å²) >= 11 is 0. The molecule has 0 bridgehead atoms. The molecule has 0 spiro atoms. The van der Waals surface area contributed by atoms with E-state index in [1.807, 2.05) is 6.92 Å². The highest BCUT2D eigenvalue weighted by atomic mass is 16.6. The summed E-state index contributed by atoms with van der Waals surface area (Å²) in [6, 6.07) is 8.52. The first-order valence-corrected chi connectivity index (χ1v) is 6.35. The maximum absolute atomic E-state index is 11.9. The molecule has 1 rings (SSSR count). The van der Waals surface area contributed by atoms with Crippen LogP contribution in [0.4, 0.5) is 0 Å². The Balaban J connectivity index is 2.66. The Morgan fingerprint density at radius 1 is 1.21 bits per heavy atom. The topological polar surface area (TPSA) is 64.6 Å². The Labute approximate surface area is 112 Å². The van der Waals surface area contributed by atoms with E-state index in [0.29, 0.717) is 12.1 Å². The summed E-state index contributed by atoms with van der Waals surface area (Å²) in [5.74, 6) is -1.14. The third kappa shape index (κ3) is 5.09. The Morgan fingerprint density at radius 2 is 1.89 bits per heavy atom. The van der Waals surface area contributed by atoms with Crippen molar-refractivity contribution in [3.05, 3.63) is 35.9 Å². The second-order valence-corrected chi connectivity index (χ2v) is 3.86. The number of esters is 2. The molecule has 1 aromatic carbocycles. The van der Waals surface area contributed by atoms with Gasteiger partial charge in [-0.05, 0) is 32.0 Å². The lowest BCUT2D eigenvalue weighted by Crippen LogP contribution is -2.42. The number of carbonyl (C=O) groups is 2. The van der Waals surface area contributed by atoms with Crippen LogP contribution in [0.25, 0.3) is 0 Å². The van der Waals surface area contributed by atoms with Gasteiger partial charge in [-0.25, -0.2) is 9.59 Å². The quantitative estimate of drug-likeness (QED) is 0.601. The molecule has 1 atom stereocenters. The third-order valence-corrected chi connectivity index (χ3v) is 2.31. The molecule has 5 nitrogen and oxygen atoms in total. The van der Waals surface area contributed by atoms with Crippen molar-refractivity contribution in [2.75, 3.05) is 13.2 Å². The molecule has 0 aromatic heterocycles. The Kier molecular flexibility index (Phi) is 6.60. The predicted octanol–water partition coefficient (Wildman–Crippen LogP) is 1.73. The zero-order valence-electron chi connectivity index (χ0n) is 11.2. The summed E-state index contributed by atoms with van der Waals surface area (Å²) in [5.41, 5.74) is 0.398. The smallest absolute Gasteiger partial charge is 0.363 e. The summed E-state index contributed by atoms with van der Waals surface area (Å²) < 4.78 is 9.99. The standard InChI is InChI=1S/C14H19NO4/c1-3-10-15-12(14(17)18-4-2)19-13(16)11-8-6-5-7-9-11/h5-9,12,15H,3-4,10H2,1-2H3. The first-order chi connectivity index (χ1) is 9.19. The summed E-state index contributed by atoms with van der Waals surface area (Å²) in [4.78, 5) is 23.5. The summed E-state index contributed by atoms with van der Waals surface area (Å²) in [6.07, 6.45) is -0.244. The van der Waals surface area contributed by atoms with Crippen LogP contribution >= 0.6 is 0 Å². The normalized spacial score (nSPS) is 11.7. The molecule has 1 N–H and O–H groups in total. The number of carbonyl (C=O) groups excluding carboxylic acids is 2. The van der Waals surface area contributed by atoms with E-state index in [0.717, 1.165) is 6.42 Å². The van der Waals surface area contributed by atoms with Gasteiger partial charge in [-0.3, -0.25) is 5.32 Å². The van der Waals surface area contributed by atoms with E-state index < -0.39 is 18.2 Å². The van der Waals surface area contributed by atoms with Crippen molar-refractivity contribution in [3.8, 4) is 0 Å². The van der Waals surface area contributed by atoms with E-state index in [4.69, 9.17) is 9.47 Å². The van der Waals surface area contributed by atoms with Crippen LogP contribution in [-0.4, -0.2) is 31.3 Å². The number of benzene rings is 1. The predicted molar refractivity (Wildman–Crippen MR) is 70.6 cm³/mol.